The fourth-order valence-electron chi connectivity index (χ4n) is 1.13. The van der Waals surface area contributed by atoms with Crippen LogP contribution in [0.15, 0.2) is 30.6 Å². The zero-order valence-corrected chi connectivity index (χ0v) is 8.08. The van der Waals surface area contributed by atoms with E-state index in [4.69, 9.17) is 12.3 Å². The van der Waals surface area contributed by atoms with Crippen LogP contribution >= 0.6 is 11.3 Å². The van der Waals surface area contributed by atoms with E-state index in [2.05, 4.69) is 9.83 Å². The van der Waals surface area contributed by atoms with Crippen molar-refractivity contribution in [2.45, 2.75) is 0 Å². The highest BCUT2D eigenvalue weighted by Gasteiger charge is 2.06. The molecule has 2 aromatic heterocycles. The predicted molar refractivity (Wildman–Crippen MR) is 58.2 cm³/mol. The summed E-state index contributed by atoms with van der Waals surface area (Å²) in [6.45, 7) is 6.90. The molecule has 0 bridgehead atoms. The second-order valence-corrected chi connectivity index (χ2v) is 3.80. The third-order valence-electron chi connectivity index (χ3n) is 1.81. The van der Waals surface area contributed by atoms with Crippen molar-refractivity contribution >= 4 is 22.0 Å². The van der Waals surface area contributed by atoms with Crippen molar-refractivity contribution in [3.05, 3.63) is 42.0 Å². The van der Waals surface area contributed by atoms with Crippen molar-refractivity contribution in [1.82, 2.24) is 4.98 Å². The number of rotatable bonds is 1. The highest BCUT2D eigenvalue weighted by atomic mass is 32.1. The fourth-order valence-corrected chi connectivity index (χ4v) is 1.99. The van der Waals surface area contributed by atoms with Crippen LogP contribution in [0, 0.1) is 6.57 Å². The zero-order chi connectivity index (χ0) is 9.97. The van der Waals surface area contributed by atoms with E-state index in [0.717, 1.165) is 10.4 Å². The summed E-state index contributed by atoms with van der Waals surface area (Å²) < 4.78 is 0. The van der Waals surface area contributed by atoms with Gasteiger partial charge in [-0.1, -0.05) is 6.07 Å². The molecule has 0 saturated heterocycles. The Morgan fingerprint density at radius 3 is 2.93 bits per heavy atom. The minimum absolute atomic E-state index is 0.522. The van der Waals surface area contributed by atoms with E-state index in [0.29, 0.717) is 10.7 Å². The van der Waals surface area contributed by atoms with Gasteiger partial charge in [0, 0.05) is 22.8 Å². The van der Waals surface area contributed by atoms with E-state index in [-0.39, 0.29) is 0 Å². The van der Waals surface area contributed by atoms with Crippen LogP contribution in [0.1, 0.15) is 0 Å². The quantitative estimate of drug-likeness (QED) is 0.721. The summed E-state index contributed by atoms with van der Waals surface area (Å²) in [6, 6.07) is 5.61. The lowest BCUT2D eigenvalue weighted by Gasteiger charge is -1.93. The lowest BCUT2D eigenvalue weighted by molar-refractivity contribution is 1.33. The first-order valence-electron chi connectivity index (χ1n) is 3.98. The molecule has 0 spiro atoms. The number of anilines is 1. The minimum Gasteiger partial charge on any atom is -0.399 e. The van der Waals surface area contributed by atoms with E-state index >= 15 is 0 Å². The van der Waals surface area contributed by atoms with Crippen LogP contribution < -0.4 is 5.73 Å². The Labute approximate surface area is 85.7 Å². The van der Waals surface area contributed by atoms with Gasteiger partial charge in [-0.25, -0.2) is 4.85 Å². The molecule has 0 saturated carbocycles. The van der Waals surface area contributed by atoms with E-state index < -0.39 is 0 Å². The smallest absolute Gasteiger partial charge is 0.220 e. The summed E-state index contributed by atoms with van der Waals surface area (Å²) in [5.74, 6) is 0. The summed E-state index contributed by atoms with van der Waals surface area (Å²) in [5, 5.41) is 0.568. The van der Waals surface area contributed by atoms with Crippen LogP contribution in [0.2, 0.25) is 0 Å². The van der Waals surface area contributed by atoms with Gasteiger partial charge in [-0.15, -0.1) is 11.3 Å². The molecule has 0 aliphatic heterocycles. The molecule has 2 rings (SSSR count). The Morgan fingerprint density at radius 2 is 2.36 bits per heavy atom. The standard InChI is InChI=1S/C10H7N3S/c1-12-8-5-9(14-10(8)11)7-3-2-4-13-6-7/h2-6H,11H2. The van der Waals surface area contributed by atoms with Gasteiger partial charge in [0.15, 0.2) is 0 Å². The molecule has 68 valence electrons. The number of pyridine rings is 1. The molecule has 0 fully saturated rings. The van der Waals surface area contributed by atoms with Gasteiger partial charge in [0.25, 0.3) is 0 Å². The molecule has 0 aliphatic rings. The fraction of sp³-hybridized carbons (Fsp3) is 0. The number of nitrogen functional groups attached to an aromatic ring is 1. The average molecular weight is 201 g/mol. The molecule has 2 aromatic rings. The Morgan fingerprint density at radius 1 is 1.50 bits per heavy atom. The number of thiophene rings is 1. The summed E-state index contributed by atoms with van der Waals surface area (Å²) in [4.78, 5) is 8.33. The molecule has 0 radical (unpaired) electrons. The average Bonchev–Trinajstić information content (AvgIpc) is 2.61. The van der Waals surface area contributed by atoms with Gasteiger partial charge >= 0.3 is 0 Å². The summed E-state index contributed by atoms with van der Waals surface area (Å²) in [7, 11) is 0. The second-order valence-electron chi connectivity index (χ2n) is 2.71. The van der Waals surface area contributed by atoms with Gasteiger partial charge < -0.3 is 5.73 Å². The van der Waals surface area contributed by atoms with Gasteiger partial charge in [-0.2, -0.15) is 0 Å². The van der Waals surface area contributed by atoms with E-state index in [1.165, 1.54) is 11.3 Å². The molecular weight excluding hydrogens is 194 g/mol. The van der Waals surface area contributed by atoms with Crippen molar-refractivity contribution in [3.8, 4) is 10.4 Å². The number of hydrogen-bond acceptors (Lipinski definition) is 3. The van der Waals surface area contributed by atoms with Crippen molar-refractivity contribution in [2.24, 2.45) is 0 Å². The summed E-state index contributed by atoms with van der Waals surface area (Å²) in [5.41, 5.74) is 7.19. The predicted octanol–water partition coefficient (Wildman–Crippen LogP) is 2.94. The normalized spacial score (nSPS) is 9.64. The van der Waals surface area contributed by atoms with Crippen molar-refractivity contribution in [3.63, 3.8) is 0 Å². The van der Waals surface area contributed by atoms with Crippen LogP contribution in [0.4, 0.5) is 10.7 Å². The van der Waals surface area contributed by atoms with Crippen LogP contribution in [-0.2, 0) is 0 Å². The molecule has 0 atom stereocenters. The summed E-state index contributed by atoms with van der Waals surface area (Å²) in [6.07, 6.45) is 3.48. The van der Waals surface area contributed by atoms with E-state index in [9.17, 15) is 0 Å². The highest BCUT2D eigenvalue weighted by Crippen LogP contribution is 2.37. The molecule has 14 heavy (non-hydrogen) atoms. The van der Waals surface area contributed by atoms with Crippen LogP contribution in [0.5, 0.6) is 0 Å². The molecule has 0 amide bonds. The Kier molecular flexibility index (Phi) is 2.17. The van der Waals surface area contributed by atoms with Crippen molar-refractivity contribution < 1.29 is 0 Å². The number of nitrogens with two attached hydrogens (primary N) is 1. The molecule has 0 aliphatic carbocycles. The Hall–Kier alpha value is -1.86. The Balaban J connectivity index is 2.50. The maximum absolute atomic E-state index is 6.90. The second kappa shape index (κ2) is 3.48. The third kappa shape index (κ3) is 1.45. The van der Waals surface area contributed by atoms with Gasteiger partial charge in [-0.05, 0) is 12.1 Å². The molecular formula is C10H7N3S. The molecule has 0 unspecified atom stereocenters. The van der Waals surface area contributed by atoms with E-state index in [1.807, 2.05) is 12.1 Å². The largest absolute Gasteiger partial charge is 0.399 e. The van der Waals surface area contributed by atoms with Crippen molar-refractivity contribution in [2.75, 3.05) is 5.73 Å². The first-order chi connectivity index (χ1) is 6.81. The first kappa shape index (κ1) is 8.73. The lowest BCUT2D eigenvalue weighted by Crippen LogP contribution is -1.74. The first-order valence-corrected chi connectivity index (χ1v) is 4.80. The molecule has 2 N–H and O–H groups in total. The number of aromatic nitrogens is 1. The van der Waals surface area contributed by atoms with Crippen LogP contribution in [0.3, 0.4) is 0 Å². The molecule has 0 aromatic carbocycles. The third-order valence-corrected chi connectivity index (χ3v) is 2.81. The van der Waals surface area contributed by atoms with Gasteiger partial charge in [0.2, 0.25) is 5.69 Å². The minimum atomic E-state index is 0.522. The maximum Gasteiger partial charge on any atom is 0.220 e. The topological polar surface area (TPSA) is 43.3 Å². The lowest BCUT2D eigenvalue weighted by atomic mass is 10.2. The zero-order valence-electron chi connectivity index (χ0n) is 7.27. The van der Waals surface area contributed by atoms with Crippen LogP contribution in [-0.4, -0.2) is 4.98 Å². The highest BCUT2D eigenvalue weighted by molar-refractivity contribution is 7.19. The van der Waals surface area contributed by atoms with Gasteiger partial charge in [-0.3, -0.25) is 4.98 Å². The molecule has 3 nitrogen and oxygen atoms in total. The number of nitrogens with zero attached hydrogens (tertiary/aromatic N) is 2. The van der Waals surface area contributed by atoms with Gasteiger partial charge in [0.05, 0.1) is 11.6 Å². The number of hydrogen-bond donors (Lipinski definition) is 1. The Bertz CT molecular complexity index is 482. The monoisotopic (exact) mass is 201 g/mol. The summed E-state index contributed by atoms with van der Waals surface area (Å²) >= 11 is 1.42. The van der Waals surface area contributed by atoms with Crippen molar-refractivity contribution in [1.29, 1.82) is 0 Å². The maximum atomic E-state index is 6.90. The molecule has 2 heterocycles. The van der Waals surface area contributed by atoms with Gasteiger partial charge in [0.1, 0.15) is 0 Å². The van der Waals surface area contributed by atoms with E-state index in [1.54, 1.807) is 18.5 Å². The SMILES string of the molecule is [C-]#[N+]c1cc(-c2cccnc2)sc1N. The molecule has 4 heteroatoms. The van der Waals surface area contributed by atoms with Crippen LogP contribution in [0.25, 0.3) is 15.3 Å².